The fraction of sp³-hybridized carbons (Fsp3) is 0.150. The van der Waals surface area contributed by atoms with Gasteiger partial charge in [0.2, 0.25) is 4.96 Å². The van der Waals surface area contributed by atoms with Gasteiger partial charge in [0.1, 0.15) is 5.01 Å². The number of anilines is 1. The summed E-state index contributed by atoms with van der Waals surface area (Å²) in [4.78, 5) is 13.2. The van der Waals surface area contributed by atoms with Gasteiger partial charge in [-0.05, 0) is 62.3 Å². The molecule has 0 aliphatic heterocycles. The summed E-state index contributed by atoms with van der Waals surface area (Å²) in [5.41, 5.74) is 4.02. The molecule has 0 unspecified atom stereocenters. The number of thiocarbonyl (C=S) groups is 1. The number of rotatable bonds is 3. The number of nitrogens with zero attached hydrogens (tertiary/aromatic N) is 4. The van der Waals surface area contributed by atoms with Crippen LogP contribution in [0.25, 0.3) is 15.5 Å². The molecule has 2 aromatic heterocycles. The molecule has 152 valence electrons. The fourth-order valence-electron chi connectivity index (χ4n) is 2.78. The number of fused-ring (bicyclic) bond motifs is 1. The summed E-state index contributed by atoms with van der Waals surface area (Å²) in [6, 6.07) is 11.0. The molecule has 10 heteroatoms. The highest BCUT2D eigenvalue weighted by molar-refractivity contribution is 7.80. The summed E-state index contributed by atoms with van der Waals surface area (Å²) in [5.74, 6) is 0.408. The predicted molar refractivity (Wildman–Crippen MR) is 123 cm³/mol. The Labute approximate surface area is 187 Å². The van der Waals surface area contributed by atoms with E-state index in [1.165, 1.54) is 11.3 Å². The first-order valence-corrected chi connectivity index (χ1v) is 10.6. The summed E-state index contributed by atoms with van der Waals surface area (Å²) in [6.45, 7) is 5.69. The van der Waals surface area contributed by atoms with E-state index in [1.54, 1.807) is 22.7 Å². The van der Waals surface area contributed by atoms with Crippen LogP contribution < -0.4 is 10.6 Å². The smallest absolute Gasteiger partial charge is 0.257 e. The van der Waals surface area contributed by atoms with E-state index in [9.17, 15) is 4.79 Å². The number of amides is 1. The van der Waals surface area contributed by atoms with Crippen LogP contribution >= 0.6 is 35.2 Å². The maximum Gasteiger partial charge on any atom is 0.257 e. The number of carbonyl (C=O) groups excluding carboxylic acids is 1. The van der Waals surface area contributed by atoms with E-state index in [4.69, 9.17) is 23.8 Å². The van der Waals surface area contributed by atoms with Gasteiger partial charge < -0.3 is 5.32 Å². The van der Waals surface area contributed by atoms with Crippen molar-refractivity contribution in [3.05, 3.63) is 63.9 Å². The zero-order valence-electron chi connectivity index (χ0n) is 16.4. The minimum Gasteiger partial charge on any atom is -0.332 e. The maximum atomic E-state index is 12.5. The Hall–Kier alpha value is -2.88. The van der Waals surface area contributed by atoms with Gasteiger partial charge >= 0.3 is 0 Å². The second-order valence-corrected chi connectivity index (χ2v) is 8.52. The first kappa shape index (κ1) is 20.4. The Bertz CT molecular complexity index is 1300. The fourth-order valence-corrected chi connectivity index (χ4v) is 4.05. The third-order valence-electron chi connectivity index (χ3n) is 4.54. The zero-order valence-corrected chi connectivity index (χ0v) is 18.7. The molecule has 30 heavy (non-hydrogen) atoms. The molecule has 2 aromatic carbocycles. The lowest BCUT2D eigenvalue weighted by atomic mass is 10.1. The first-order valence-electron chi connectivity index (χ1n) is 9.00. The predicted octanol–water partition coefficient (Wildman–Crippen LogP) is 4.56. The van der Waals surface area contributed by atoms with Crippen LogP contribution in [0.3, 0.4) is 0 Å². The van der Waals surface area contributed by atoms with Crippen molar-refractivity contribution < 1.29 is 4.79 Å². The zero-order chi connectivity index (χ0) is 21.4. The van der Waals surface area contributed by atoms with Gasteiger partial charge in [-0.1, -0.05) is 41.1 Å². The number of benzene rings is 2. The van der Waals surface area contributed by atoms with Crippen molar-refractivity contribution >= 4 is 56.8 Å². The third-order valence-corrected chi connectivity index (χ3v) is 6.10. The molecule has 2 heterocycles. The van der Waals surface area contributed by atoms with Gasteiger partial charge in [-0.3, -0.25) is 10.1 Å². The van der Waals surface area contributed by atoms with Gasteiger partial charge in [0, 0.05) is 21.8 Å². The number of aromatic nitrogens is 4. The molecule has 0 radical (unpaired) electrons. The number of nitrogens with one attached hydrogen (secondary N) is 2. The Morgan fingerprint density at radius 1 is 1.10 bits per heavy atom. The average Bonchev–Trinajstić information content (AvgIpc) is 3.28. The lowest BCUT2D eigenvalue weighted by Gasteiger charge is -2.13. The van der Waals surface area contributed by atoms with Crippen LogP contribution in [0.5, 0.6) is 0 Å². The number of hydrogen-bond donors (Lipinski definition) is 2. The molecular formula is C20H17ClN6OS2. The monoisotopic (exact) mass is 456 g/mol. The highest BCUT2D eigenvalue weighted by atomic mass is 35.5. The third kappa shape index (κ3) is 4.04. The lowest BCUT2D eigenvalue weighted by molar-refractivity contribution is 0.0977. The molecule has 1 amide bonds. The normalized spacial score (nSPS) is 10.9. The number of aryl methyl sites for hydroxylation is 3. The van der Waals surface area contributed by atoms with Crippen LogP contribution in [0.15, 0.2) is 36.4 Å². The van der Waals surface area contributed by atoms with E-state index in [0.717, 1.165) is 38.2 Å². The Balaban J connectivity index is 1.52. The van der Waals surface area contributed by atoms with Gasteiger partial charge in [0.15, 0.2) is 10.9 Å². The van der Waals surface area contributed by atoms with E-state index in [1.807, 2.05) is 39.0 Å². The van der Waals surface area contributed by atoms with Crippen LogP contribution in [0.1, 0.15) is 27.3 Å². The van der Waals surface area contributed by atoms with Crippen LogP contribution in [-0.2, 0) is 0 Å². The van der Waals surface area contributed by atoms with Crippen molar-refractivity contribution in [2.24, 2.45) is 0 Å². The summed E-state index contributed by atoms with van der Waals surface area (Å²) in [5, 5.41) is 20.0. The van der Waals surface area contributed by atoms with Gasteiger partial charge in [0.25, 0.3) is 5.91 Å². The number of halogens is 1. The van der Waals surface area contributed by atoms with Crippen molar-refractivity contribution in [2.45, 2.75) is 20.8 Å². The van der Waals surface area contributed by atoms with Crippen molar-refractivity contribution in [3.8, 4) is 10.6 Å². The second-order valence-electron chi connectivity index (χ2n) is 6.75. The van der Waals surface area contributed by atoms with E-state index in [2.05, 4.69) is 25.9 Å². The van der Waals surface area contributed by atoms with Gasteiger partial charge in [-0.25, -0.2) is 0 Å². The highest BCUT2D eigenvalue weighted by Gasteiger charge is 2.13. The molecule has 0 fully saturated rings. The quantitative estimate of drug-likeness (QED) is 0.440. The lowest BCUT2D eigenvalue weighted by Crippen LogP contribution is -2.34. The molecule has 0 aliphatic rings. The Kier molecular flexibility index (Phi) is 5.50. The molecule has 0 saturated carbocycles. The molecule has 0 spiro atoms. The first-order chi connectivity index (χ1) is 14.3. The second kappa shape index (κ2) is 8.10. The number of carbonyl (C=O) groups is 1. The maximum absolute atomic E-state index is 12.5. The number of hydrogen-bond acceptors (Lipinski definition) is 6. The Morgan fingerprint density at radius 3 is 2.60 bits per heavy atom. The minimum atomic E-state index is -0.327. The van der Waals surface area contributed by atoms with Crippen LogP contribution in [0, 0.1) is 20.8 Å². The van der Waals surface area contributed by atoms with E-state index in [0.29, 0.717) is 10.6 Å². The van der Waals surface area contributed by atoms with E-state index < -0.39 is 0 Å². The van der Waals surface area contributed by atoms with E-state index >= 15 is 0 Å². The van der Waals surface area contributed by atoms with Crippen molar-refractivity contribution in [1.82, 2.24) is 25.1 Å². The van der Waals surface area contributed by atoms with Crippen LogP contribution in [0.4, 0.5) is 5.69 Å². The molecule has 0 saturated heterocycles. The van der Waals surface area contributed by atoms with Gasteiger partial charge in [-0.2, -0.15) is 9.61 Å². The van der Waals surface area contributed by atoms with Crippen molar-refractivity contribution in [1.29, 1.82) is 0 Å². The van der Waals surface area contributed by atoms with Crippen molar-refractivity contribution in [3.63, 3.8) is 0 Å². The standard InChI is InChI=1S/C20H17ClN6OS2/c1-10-4-6-13(8-15(10)21)17(28)23-19(29)22-16-9-14(7-5-11(16)2)18-26-27-12(3)24-25-20(27)30-18/h4-9H,1-3H3,(H2,22,23,28,29). The van der Waals surface area contributed by atoms with Gasteiger partial charge in [0.05, 0.1) is 0 Å². The molecule has 4 rings (SSSR count). The Morgan fingerprint density at radius 2 is 1.87 bits per heavy atom. The summed E-state index contributed by atoms with van der Waals surface area (Å²) < 4.78 is 1.71. The molecule has 0 aliphatic carbocycles. The molecule has 2 N–H and O–H groups in total. The average molecular weight is 457 g/mol. The SMILES string of the molecule is Cc1ccc(C(=O)NC(=S)Nc2cc(-c3nn4c(C)nnc4s3)ccc2C)cc1Cl. The van der Waals surface area contributed by atoms with Crippen molar-refractivity contribution in [2.75, 3.05) is 5.32 Å². The molecule has 0 atom stereocenters. The summed E-state index contributed by atoms with van der Waals surface area (Å²) in [6.07, 6.45) is 0. The van der Waals surface area contributed by atoms with Crippen LogP contribution in [-0.4, -0.2) is 30.8 Å². The van der Waals surface area contributed by atoms with E-state index in [-0.39, 0.29) is 11.0 Å². The molecule has 0 bridgehead atoms. The highest BCUT2D eigenvalue weighted by Crippen LogP contribution is 2.29. The topological polar surface area (TPSA) is 84.2 Å². The van der Waals surface area contributed by atoms with Gasteiger partial charge in [-0.15, -0.1) is 10.2 Å². The minimum absolute atomic E-state index is 0.200. The summed E-state index contributed by atoms with van der Waals surface area (Å²) in [7, 11) is 0. The largest absolute Gasteiger partial charge is 0.332 e. The van der Waals surface area contributed by atoms with Crippen LogP contribution in [0.2, 0.25) is 5.02 Å². The molecular weight excluding hydrogens is 440 g/mol. The summed E-state index contributed by atoms with van der Waals surface area (Å²) >= 11 is 12.9. The molecule has 7 nitrogen and oxygen atoms in total. The molecule has 4 aromatic rings.